The third kappa shape index (κ3) is 2.61. The molecular weight excluding hydrogens is 196 g/mol. The fourth-order valence-electron chi connectivity index (χ4n) is 1.15. The van der Waals surface area contributed by atoms with Crippen LogP contribution in [0.5, 0.6) is 0 Å². The minimum absolute atomic E-state index is 0.108. The summed E-state index contributed by atoms with van der Waals surface area (Å²) in [6, 6.07) is 4.00. The Balaban J connectivity index is 3.21. The van der Waals surface area contributed by atoms with Gasteiger partial charge in [-0.25, -0.2) is 4.98 Å². The first-order chi connectivity index (χ1) is 6.30. The highest BCUT2D eigenvalue weighted by molar-refractivity contribution is 6.29. The fourth-order valence-corrected chi connectivity index (χ4v) is 1.35. The zero-order valence-corrected chi connectivity index (χ0v) is 10.2. The molecule has 0 saturated heterocycles. The molecule has 0 atom stereocenters. The number of halogens is 1. The molecule has 0 amide bonds. The summed E-state index contributed by atoms with van der Waals surface area (Å²) in [5.41, 5.74) is 1.32. The normalized spacial score (nSPS) is 11.6. The van der Waals surface area contributed by atoms with Crippen LogP contribution in [0.1, 0.15) is 26.3 Å². The summed E-state index contributed by atoms with van der Waals surface area (Å²) in [6.45, 7) is 6.49. The predicted molar refractivity (Wildman–Crippen MR) is 62.3 cm³/mol. The average Bonchev–Trinajstić information content (AvgIpc) is 2.01. The maximum atomic E-state index is 5.96. The zero-order valence-electron chi connectivity index (χ0n) is 9.43. The highest BCUT2D eigenvalue weighted by Gasteiger charge is 2.16. The molecule has 0 unspecified atom stereocenters. The molecule has 0 aliphatic heterocycles. The predicted octanol–water partition coefficient (Wildman–Crippen LogP) is 3.10. The molecule has 78 valence electrons. The van der Waals surface area contributed by atoms with Crippen LogP contribution in [0, 0.1) is 0 Å². The Hall–Kier alpha value is -0.760. The summed E-state index contributed by atoms with van der Waals surface area (Å²) >= 11 is 5.96. The van der Waals surface area contributed by atoms with E-state index < -0.39 is 0 Å². The highest BCUT2D eigenvalue weighted by atomic mass is 35.5. The Bertz CT molecular complexity index is 327. The van der Waals surface area contributed by atoms with Crippen molar-refractivity contribution in [3.05, 3.63) is 22.8 Å². The lowest BCUT2D eigenvalue weighted by atomic mass is 9.88. The average molecular weight is 213 g/mol. The van der Waals surface area contributed by atoms with Gasteiger partial charge in [-0.05, 0) is 23.1 Å². The summed E-state index contributed by atoms with van der Waals surface area (Å²) < 4.78 is 0. The third-order valence-corrected chi connectivity index (χ3v) is 2.30. The monoisotopic (exact) mass is 212 g/mol. The molecule has 3 heteroatoms. The van der Waals surface area contributed by atoms with Gasteiger partial charge < -0.3 is 4.90 Å². The molecular formula is C11H17ClN2. The second kappa shape index (κ2) is 3.77. The number of rotatable bonds is 1. The van der Waals surface area contributed by atoms with Crippen molar-refractivity contribution in [1.29, 1.82) is 0 Å². The van der Waals surface area contributed by atoms with Crippen molar-refractivity contribution in [2.45, 2.75) is 26.2 Å². The van der Waals surface area contributed by atoms with Crippen LogP contribution in [0.25, 0.3) is 0 Å². The van der Waals surface area contributed by atoms with Crippen molar-refractivity contribution in [2.75, 3.05) is 19.0 Å². The van der Waals surface area contributed by atoms with E-state index in [2.05, 4.69) is 31.8 Å². The molecule has 1 aromatic rings. The third-order valence-electron chi connectivity index (χ3n) is 2.10. The molecule has 2 nitrogen and oxygen atoms in total. The molecule has 14 heavy (non-hydrogen) atoms. The summed E-state index contributed by atoms with van der Waals surface area (Å²) in [7, 11) is 3.93. The van der Waals surface area contributed by atoms with Gasteiger partial charge in [-0.1, -0.05) is 32.4 Å². The molecule has 0 radical (unpaired) electrons. The summed E-state index contributed by atoms with van der Waals surface area (Å²) in [5, 5.41) is 0.557. The van der Waals surface area contributed by atoms with Gasteiger partial charge in [-0.3, -0.25) is 0 Å². The van der Waals surface area contributed by atoms with Crippen LogP contribution in [0.3, 0.4) is 0 Å². The molecule has 1 heterocycles. The van der Waals surface area contributed by atoms with E-state index in [-0.39, 0.29) is 5.41 Å². The van der Waals surface area contributed by atoms with Crippen LogP contribution in [-0.2, 0) is 5.41 Å². The van der Waals surface area contributed by atoms with Crippen LogP contribution in [-0.4, -0.2) is 19.1 Å². The van der Waals surface area contributed by atoms with Gasteiger partial charge in [0.25, 0.3) is 0 Å². The van der Waals surface area contributed by atoms with E-state index in [1.807, 2.05) is 25.1 Å². The lowest BCUT2D eigenvalue weighted by Crippen LogP contribution is -2.15. The SMILES string of the molecule is CN(C)c1cc(C(C)(C)C)cc(Cl)n1. The van der Waals surface area contributed by atoms with Crippen LogP contribution in [0.4, 0.5) is 5.82 Å². The van der Waals surface area contributed by atoms with Gasteiger partial charge in [0.15, 0.2) is 0 Å². The summed E-state index contributed by atoms with van der Waals surface area (Å²) in [6.07, 6.45) is 0. The van der Waals surface area contributed by atoms with Gasteiger partial charge in [0.1, 0.15) is 11.0 Å². The standard InChI is InChI=1S/C11H17ClN2/c1-11(2,3)8-6-9(12)13-10(7-8)14(4)5/h6-7H,1-5H3. The van der Waals surface area contributed by atoms with Crippen molar-refractivity contribution in [3.63, 3.8) is 0 Å². The number of anilines is 1. The maximum absolute atomic E-state index is 5.96. The first-order valence-corrected chi connectivity index (χ1v) is 5.04. The molecule has 0 aromatic carbocycles. The molecule has 0 spiro atoms. The number of pyridine rings is 1. The Kier molecular flexibility index (Phi) is 3.05. The van der Waals surface area contributed by atoms with Gasteiger partial charge in [-0.2, -0.15) is 0 Å². The first-order valence-electron chi connectivity index (χ1n) is 4.66. The van der Waals surface area contributed by atoms with E-state index in [0.717, 1.165) is 5.82 Å². The van der Waals surface area contributed by atoms with E-state index in [0.29, 0.717) is 5.15 Å². The van der Waals surface area contributed by atoms with Crippen molar-refractivity contribution in [2.24, 2.45) is 0 Å². The van der Waals surface area contributed by atoms with Gasteiger partial charge >= 0.3 is 0 Å². The van der Waals surface area contributed by atoms with E-state index in [4.69, 9.17) is 11.6 Å². The highest BCUT2D eigenvalue weighted by Crippen LogP contribution is 2.27. The summed E-state index contributed by atoms with van der Waals surface area (Å²) in [4.78, 5) is 6.20. The fraction of sp³-hybridized carbons (Fsp3) is 0.545. The number of hydrogen-bond donors (Lipinski definition) is 0. The Morgan fingerprint density at radius 3 is 2.21 bits per heavy atom. The van der Waals surface area contributed by atoms with Crippen LogP contribution < -0.4 is 4.90 Å². The smallest absolute Gasteiger partial charge is 0.131 e. The second-order valence-corrected chi connectivity index (χ2v) is 5.07. The molecule has 0 bridgehead atoms. The lowest BCUT2D eigenvalue weighted by molar-refractivity contribution is 0.589. The Labute approximate surface area is 90.9 Å². The molecule has 1 aromatic heterocycles. The van der Waals surface area contributed by atoms with E-state index in [9.17, 15) is 0 Å². The largest absolute Gasteiger partial charge is 0.363 e. The summed E-state index contributed by atoms with van der Waals surface area (Å²) in [5.74, 6) is 0.905. The van der Waals surface area contributed by atoms with Gasteiger partial charge in [0, 0.05) is 14.1 Å². The molecule has 0 aliphatic carbocycles. The topological polar surface area (TPSA) is 16.1 Å². The maximum Gasteiger partial charge on any atom is 0.131 e. The van der Waals surface area contributed by atoms with Crippen LogP contribution in [0.2, 0.25) is 5.15 Å². The molecule has 0 N–H and O–H groups in total. The van der Waals surface area contributed by atoms with E-state index >= 15 is 0 Å². The molecule has 1 rings (SSSR count). The first kappa shape index (κ1) is 11.3. The quantitative estimate of drug-likeness (QED) is 0.666. The van der Waals surface area contributed by atoms with Gasteiger partial charge in [0.05, 0.1) is 0 Å². The van der Waals surface area contributed by atoms with Crippen LogP contribution in [0.15, 0.2) is 12.1 Å². The molecule has 0 aliphatic rings. The molecule has 0 saturated carbocycles. The zero-order chi connectivity index (χ0) is 10.9. The van der Waals surface area contributed by atoms with Crippen molar-refractivity contribution < 1.29 is 0 Å². The van der Waals surface area contributed by atoms with Gasteiger partial charge in [-0.15, -0.1) is 0 Å². The van der Waals surface area contributed by atoms with Crippen molar-refractivity contribution in [3.8, 4) is 0 Å². The van der Waals surface area contributed by atoms with Crippen LogP contribution >= 0.6 is 11.6 Å². The number of aromatic nitrogens is 1. The Morgan fingerprint density at radius 1 is 1.21 bits per heavy atom. The number of nitrogens with zero attached hydrogens (tertiary/aromatic N) is 2. The minimum Gasteiger partial charge on any atom is -0.363 e. The van der Waals surface area contributed by atoms with Crippen molar-refractivity contribution >= 4 is 17.4 Å². The number of hydrogen-bond acceptors (Lipinski definition) is 2. The molecule has 0 fully saturated rings. The lowest BCUT2D eigenvalue weighted by Gasteiger charge is -2.21. The van der Waals surface area contributed by atoms with E-state index in [1.165, 1.54) is 5.56 Å². The Morgan fingerprint density at radius 2 is 1.79 bits per heavy atom. The van der Waals surface area contributed by atoms with Gasteiger partial charge in [0.2, 0.25) is 0 Å². The second-order valence-electron chi connectivity index (χ2n) is 4.68. The van der Waals surface area contributed by atoms with E-state index in [1.54, 1.807) is 0 Å². The minimum atomic E-state index is 0.108. The van der Waals surface area contributed by atoms with Crippen molar-refractivity contribution in [1.82, 2.24) is 4.98 Å².